The summed E-state index contributed by atoms with van der Waals surface area (Å²) in [5, 5.41) is 8.67. The number of hydrogen-bond acceptors (Lipinski definition) is 4. The molecule has 108 valence electrons. The van der Waals surface area contributed by atoms with E-state index in [0.29, 0.717) is 24.3 Å². The molecule has 0 unspecified atom stereocenters. The second-order valence-electron chi connectivity index (χ2n) is 4.47. The summed E-state index contributed by atoms with van der Waals surface area (Å²) in [6.45, 7) is 6.49. The zero-order chi connectivity index (χ0) is 15.0. The molecule has 0 heterocycles. The number of rotatable bonds is 8. The number of nitrogens with one attached hydrogen (secondary N) is 1. The maximum Gasteiger partial charge on any atom is 0.215 e. The number of sulfonamides is 1. The van der Waals surface area contributed by atoms with E-state index in [-0.39, 0.29) is 12.3 Å². The van der Waals surface area contributed by atoms with Gasteiger partial charge in [0, 0.05) is 6.54 Å². The van der Waals surface area contributed by atoms with Gasteiger partial charge in [-0.2, -0.15) is 5.26 Å². The highest BCUT2D eigenvalue weighted by molar-refractivity contribution is 7.88. The second-order valence-corrected chi connectivity index (χ2v) is 6.28. The summed E-state index contributed by atoms with van der Waals surface area (Å²) in [5.74, 6) is -0.112. The molecule has 0 aliphatic rings. The van der Waals surface area contributed by atoms with Crippen molar-refractivity contribution >= 4 is 10.0 Å². The maximum absolute atomic E-state index is 11.8. The van der Waals surface area contributed by atoms with Crippen molar-refractivity contribution in [1.29, 1.82) is 5.26 Å². The van der Waals surface area contributed by atoms with Crippen LogP contribution in [0, 0.1) is 11.3 Å². The summed E-state index contributed by atoms with van der Waals surface area (Å²) >= 11 is 0. The summed E-state index contributed by atoms with van der Waals surface area (Å²) in [6, 6.07) is 8.45. The molecule has 0 saturated heterocycles. The lowest BCUT2D eigenvalue weighted by molar-refractivity contribution is 0.162. The predicted molar refractivity (Wildman–Crippen MR) is 77.4 cm³/mol. The normalized spacial score (nSPS) is 11.0. The highest BCUT2D eigenvalue weighted by Crippen LogP contribution is 2.06. The minimum atomic E-state index is -3.39. The highest BCUT2D eigenvalue weighted by Gasteiger charge is 2.10. The topological polar surface area (TPSA) is 79.2 Å². The van der Waals surface area contributed by atoms with Crippen molar-refractivity contribution in [3.05, 3.63) is 47.5 Å². The molecule has 1 aromatic rings. The van der Waals surface area contributed by atoms with E-state index < -0.39 is 10.0 Å². The number of nitriles is 1. The van der Waals surface area contributed by atoms with Gasteiger partial charge in [-0.05, 0) is 24.6 Å². The first kappa shape index (κ1) is 16.4. The minimum absolute atomic E-state index is 0.112. The standard InChI is InChI=1S/C14H18N2O3S/c1-12(2)10-19-8-7-16-20(17,18)11-14-5-3-13(9-15)4-6-14/h3-6,16H,1,7-8,10-11H2,2H3. The molecular weight excluding hydrogens is 276 g/mol. The average molecular weight is 294 g/mol. The van der Waals surface area contributed by atoms with Crippen LogP contribution in [0.25, 0.3) is 0 Å². The van der Waals surface area contributed by atoms with Gasteiger partial charge in [-0.1, -0.05) is 24.3 Å². The number of benzene rings is 1. The van der Waals surface area contributed by atoms with Crippen molar-refractivity contribution in [3.8, 4) is 6.07 Å². The molecule has 0 aliphatic carbocycles. The smallest absolute Gasteiger partial charge is 0.215 e. The van der Waals surface area contributed by atoms with E-state index in [2.05, 4.69) is 11.3 Å². The fourth-order valence-corrected chi connectivity index (χ4v) is 2.59. The van der Waals surface area contributed by atoms with Crippen LogP contribution in [0.3, 0.4) is 0 Å². The van der Waals surface area contributed by atoms with E-state index in [1.54, 1.807) is 24.3 Å². The van der Waals surface area contributed by atoms with Crippen molar-refractivity contribution in [2.24, 2.45) is 0 Å². The van der Waals surface area contributed by atoms with Gasteiger partial charge in [0.2, 0.25) is 10.0 Å². The van der Waals surface area contributed by atoms with E-state index in [0.717, 1.165) is 5.57 Å². The Morgan fingerprint density at radius 1 is 1.40 bits per heavy atom. The SMILES string of the molecule is C=C(C)COCCNS(=O)(=O)Cc1ccc(C#N)cc1. The summed E-state index contributed by atoms with van der Waals surface area (Å²) < 4.78 is 31.3. The Bertz CT molecular complexity index is 586. The van der Waals surface area contributed by atoms with Crippen LogP contribution in [0.1, 0.15) is 18.1 Å². The fourth-order valence-electron chi connectivity index (χ4n) is 1.46. The highest BCUT2D eigenvalue weighted by atomic mass is 32.2. The minimum Gasteiger partial charge on any atom is -0.376 e. The summed E-state index contributed by atoms with van der Waals surface area (Å²) in [6.07, 6.45) is 0. The van der Waals surface area contributed by atoms with Gasteiger partial charge in [0.15, 0.2) is 0 Å². The second kappa shape index (κ2) is 7.80. The van der Waals surface area contributed by atoms with Gasteiger partial charge in [0.05, 0.1) is 30.6 Å². The van der Waals surface area contributed by atoms with E-state index in [9.17, 15) is 8.42 Å². The third-order valence-corrected chi connectivity index (χ3v) is 3.71. The molecule has 0 amide bonds. The molecule has 0 spiro atoms. The number of hydrogen-bond donors (Lipinski definition) is 1. The molecule has 5 nitrogen and oxygen atoms in total. The van der Waals surface area contributed by atoms with Gasteiger partial charge in [-0.3, -0.25) is 0 Å². The van der Waals surface area contributed by atoms with Crippen LogP contribution in [-0.4, -0.2) is 28.2 Å². The molecule has 1 rings (SSSR count). The maximum atomic E-state index is 11.8. The van der Waals surface area contributed by atoms with Gasteiger partial charge >= 0.3 is 0 Å². The van der Waals surface area contributed by atoms with Crippen molar-refractivity contribution < 1.29 is 13.2 Å². The van der Waals surface area contributed by atoms with Crippen LogP contribution in [0.4, 0.5) is 0 Å². The van der Waals surface area contributed by atoms with Gasteiger partial charge in [-0.15, -0.1) is 0 Å². The summed E-state index contributed by atoms with van der Waals surface area (Å²) in [7, 11) is -3.39. The van der Waals surface area contributed by atoms with Crippen LogP contribution >= 0.6 is 0 Å². The first-order valence-electron chi connectivity index (χ1n) is 6.11. The Kier molecular flexibility index (Phi) is 6.39. The Morgan fingerprint density at radius 2 is 2.05 bits per heavy atom. The van der Waals surface area contributed by atoms with Gasteiger partial charge in [0.1, 0.15) is 0 Å². The fraction of sp³-hybridized carbons (Fsp3) is 0.357. The van der Waals surface area contributed by atoms with Crippen LogP contribution in [0.5, 0.6) is 0 Å². The van der Waals surface area contributed by atoms with Crippen LogP contribution in [0.2, 0.25) is 0 Å². The molecule has 1 aromatic carbocycles. The van der Waals surface area contributed by atoms with Gasteiger partial charge < -0.3 is 4.74 Å². The molecule has 0 bridgehead atoms. The van der Waals surface area contributed by atoms with E-state index in [4.69, 9.17) is 10.00 Å². The Hall–Kier alpha value is -1.68. The number of nitrogens with zero attached hydrogens (tertiary/aromatic N) is 1. The number of ether oxygens (including phenoxy) is 1. The van der Waals surface area contributed by atoms with Gasteiger partial charge in [-0.25, -0.2) is 13.1 Å². The first-order chi connectivity index (χ1) is 9.43. The lowest BCUT2D eigenvalue weighted by atomic mass is 10.2. The molecule has 0 saturated carbocycles. The van der Waals surface area contributed by atoms with Crippen LogP contribution in [0.15, 0.2) is 36.4 Å². The molecule has 0 radical (unpaired) electrons. The van der Waals surface area contributed by atoms with Crippen molar-refractivity contribution in [2.45, 2.75) is 12.7 Å². The quantitative estimate of drug-likeness (QED) is 0.583. The Morgan fingerprint density at radius 3 is 2.60 bits per heavy atom. The molecule has 6 heteroatoms. The lowest BCUT2D eigenvalue weighted by Crippen LogP contribution is -2.28. The van der Waals surface area contributed by atoms with E-state index in [1.165, 1.54) is 0 Å². The van der Waals surface area contributed by atoms with Crippen molar-refractivity contribution in [2.75, 3.05) is 19.8 Å². The summed E-state index contributed by atoms with van der Waals surface area (Å²) in [4.78, 5) is 0. The molecule has 0 fully saturated rings. The van der Waals surface area contributed by atoms with Crippen molar-refractivity contribution in [1.82, 2.24) is 4.72 Å². The monoisotopic (exact) mass is 294 g/mol. The molecule has 20 heavy (non-hydrogen) atoms. The molecule has 0 atom stereocenters. The van der Waals surface area contributed by atoms with Crippen LogP contribution < -0.4 is 4.72 Å². The first-order valence-corrected chi connectivity index (χ1v) is 7.76. The molecule has 0 aliphatic heterocycles. The Balaban J connectivity index is 2.41. The average Bonchev–Trinajstić information content (AvgIpc) is 2.38. The summed E-state index contributed by atoms with van der Waals surface area (Å²) in [5.41, 5.74) is 2.04. The van der Waals surface area contributed by atoms with Crippen molar-refractivity contribution in [3.63, 3.8) is 0 Å². The Labute approximate surface area is 119 Å². The zero-order valence-electron chi connectivity index (χ0n) is 11.4. The van der Waals surface area contributed by atoms with E-state index in [1.807, 2.05) is 13.0 Å². The van der Waals surface area contributed by atoms with E-state index >= 15 is 0 Å². The molecule has 0 aromatic heterocycles. The van der Waals surface area contributed by atoms with Gasteiger partial charge in [0.25, 0.3) is 0 Å². The molecule has 1 N–H and O–H groups in total. The molecular formula is C14H18N2O3S. The van der Waals surface area contributed by atoms with Crippen LogP contribution in [-0.2, 0) is 20.5 Å². The zero-order valence-corrected chi connectivity index (χ0v) is 12.2. The predicted octanol–water partition coefficient (Wildman–Crippen LogP) is 1.57. The largest absolute Gasteiger partial charge is 0.376 e. The lowest BCUT2D eigenvalue weighted by Gasteiger charge is -2.07. The third-order valence-electron chi connectivity index (χ3n) is 2.36. The third kappa shape index (κ3) is 6.48.